The smallest absolute Gasteiger partial charge is 0.00141 e. The molecule has 0 radical (unpaired) electrons. The largest absolute Gasteiger partial charge is 0.0616 e. The quantitative estimate of drug-likeness (QED) is 0.169. The lowest BCUT2D eigenvalue weighted by Crippen LogP contribution is -1.93. The highest BCUT2D eigenvalue weighted by Crippen LogP contribution is 2.48. The summed E-state index contributed by atoms with van der Waals surface area (Å²) < 4.78 is 0. The van der Waals surface area contributed by atoms with Crippen LogP contribution in [0.1, 0.15) is 0 Å². The normalized spacial score (nSPS) is 11.6. The van der Waals surface area contributed by atoms with Crippen molar-refractivity contribution in [3.63, 3.8) is 0 Å². The average Bonchev–Trinajstić information content (AvgIpc) is 3.19. The van der Waals surface area contributed by atoms with Gasteiger partial charge in [0.15, 0.2) is 0 Å². The van der Waals surface area contributed by atoms with E-state index in [0.29, 0.717) is 0 Å². The Morgan fingerprint density at radius 3 is 1.30 bits per heavy atom. The van der Waals surface area contributed by atoms with Crippen LogP contribution in [0.15, 0.2) is 194 Å². The van der Waals surface area contributed by atoms with Gasteiger partial charge in [0.1, 0.15) is 0 Å². The zero-order valence-corrected chi connectivity index (χ0v) is 27.5. The maximum absolute atomic E-state index is 2.37. The molecule has 0 aliphatic heterocycles. The molecule has 0 aliphatic rings. The highest BCUT2D eigenvalue weighted by Gasteiger charge is 2.20. The van der Waals surface area contributed by atoms with E-state index >= 15 is 0 Å². The van der Waals surface area contributed by atoms with Gasteiger partial charge in [-0.05, 0) is 111 Å². The van der Waals surface area contributed by atoms with Gasteiger partial charge in [0.25, 0.3) is 0 Å². The molecule has 232 valence electrons. The van der Waals surface area contributed by atoms with Crippen LogP contribution in [0, 0.1) is 0 Å². The van der Waals surface area contributed by atoms with E-state index in [1.54, 1.807) is 0 Å². The first-order valence-corrected chi connectivity index (χ1v) is 17.3. The number of hydrogen-bond donors (Lipinski definition) is 0. The zero-order chi connectivity index (χ0) is 33.0. The van der Waals surface area contributed by atoms with Gasteiger partial charge in [-0.2, -0.15) is 0 Å². The first kappa shape index (κ1) is 28.5. The fraction of sp³-hybridized carbons (Fsp3) is 0. The third kappa shape index (κ3) is 4.61. The van der Waals surface area contributed by atoms with Crippen LogP contribution < -0.4 is 0 Å². The van der Waals surface area contributed by atoms with Crippen LogP contribution in [0.2, 0.25) is 0 Å². The molecule has 0 spiro atoms. The van der Waals surface area contributed by atoms with E-state index in [9.17, 15) is 0 Å². The number of fused-ring (bicyclic) bond motifs is 5. The third-order valence-corrected chi connectivity index (χ3v) is 10.4. The summed E-state index contributed by atoms with van der Waals surface area (Å²) >= 11 is 0. The molecule has 10 rings (SSSR count). The monoisotopic (exact) mass is 632 g/mol. The second-order valence-corrected chi connectivity index (χ2v) is 13.3. The van der Waals surface area contributed by atoms with Crippen LogP contribution in [-0.4, -0.2) is 0 Å². The first-order valence-electron chi connectivity index (χ1n) is 17.3. The predicted octanol–water partition coefficient (Wildman–Crippen LogP) is 14.1. The lowest BCUT2D eigenvalue weighted by molar-refractivity contribution is 1.62. The van der Waals surface area contributed by atoms with E-state index in [2.05, 4.69) is 194 Å². The summed E-state index contributed by atoms with van der Waals surface area (Å²) in [5.41, 5.74) is 9.95. The van der Waals surface area contributed by atoms with Crippen molar-refractivity contribution in [2.24, 2.45) is 0 Å². The van der Waals surface area contributed by atoms with Crippen LogP contribution in [0.25, 0.3) is 98.4 Å². The minimum Gasteiger partial charge on any atom is -0.0616 e. The van der Waals surface area contributed by atoms with Gasteiger partial charge in [-0.1, -0.05) is 182 Å². The van der Waals surface area contributed by atoms with Gasteiger partial charge in [0.05, 0.1) is 0 Å². The molecule has 0 amide bonds. The minimum absolute atomic E-state index is 1.21. The molecule has 0 fully saturated rings. The Kier molecular flexibility index (Phi) is 6.60. The Labute approximate surface area is 291 Å². The van der Waals surface area contributed by atoms with Gasteiger partial charge in [-0.3, -0.25) is 0 Å². The Hall–Kier alpha value is -6.50. The van der Waals surface area contributed by atoms with Crippen molar-refractivity contribution in [3.8, 4) is 44.5 Å². The van der Waals surface area contributed by atoms with Crippen molar-refractivity contribution in [3.05, 3.63) is 194 Å². The third-order valence-electron chi connectivity index (χ3n) is 10.4. The standard InChI is InChI=1S/C50H32/c1-3-14-38-31-40(29-23-33(38)11-1)48-45-18-7-8-19-46(45)49(41-30-24-34-12-2-4-15-39(34)32-41)50-44(21-10-22-47(48)50)37-27-25-36(26-28-37)43-20-9-16-35-13-5-6-17-42(35)43/h1-32H. The number of benzene rings is 10. The van der Waals surface area contributed by atoms with Crippen molar-refractivity contribution in [2.45, 2.75) is 0 Å². The van der Waals surface area contributed by atoms with Gasteiger partial charge < -0.3 is 0 Å². The molecule has 0 atom stereocenters. The van der Waals surface area contributed by atoms with Gasteiger partial charge >= 0.3 is 0 Å². The molecule has 0 N–H and O–H groups in total. The molecule has 10 aromatic rings. The molecule has 0 bridgehead atoms. The Morgan fingerprint density at radius 2 is 0.640 bits per heavy atom. The summed E-state index contributed by atoms with van der Waals surface area (Å²) in [5.74, 6) is 0. The lowest BCUT2D eigenvalue weighted by Gasteiger charge is -2.21. The second-order valence-electron chi connectivity index (χ2n) is 13.3. The Bertz CT molecular complexity index is 2900. The zero-order valence-electron chi connectivity index (χ0n) is 27.5. The molecule has 0 heterocycles. The first-order chi connectivity index (χ1) is 24.8. The molecule has 0 unspecified atom stereocenters. The molecule has 0 saturated carbocycles. The topological polar surface area (TPSA) is 0 Å². The summed E-state index contributed by atoms with van der Waals surface area (Å²) in [6.07, 6.45) is 0. The molecule has 0 heteroatoms. The van der Waals surface area contributed by atoms with Crippen LogP contribution in [0.4, 0.5) is 0 Å². The molecule has 0 aliphatic carbocycles. The fourth-order valence-corrected chi connectivity index (χ4v) is 8.08. The van der Waals surface area contributed by atoms with Crippen LogP contribution in [0.5, 0.6) is 0 Å². The fourth-order valence-electron chi connectivity index (χ4n) is 8.08. The van der Waals surface area contributed by atoms with E-state index in [1.807, 2.05) is 0 Å². The molecule has 0 saturated heterocycles. The second kappa shape index (κ2) is 11.6. The summed E-state index contributed by atoms with van der Waals surface area (Å²) in [5, 5.41) is 12.6. The van der Waals surface area contributed by atoms with E-state index < -0.39 is 0 Å². The van der Waals surface area contributed by atoms with Gasteiger partial charge in [-0.15, -0.1) is 0 Å². The number of rotatable bonds is 4. The van der Waals surface area contributed by atoms with Gasteiger partial charge in [0, 0.05) is 0 Å². The van der Waals surface area contributed by atoms with Crippen molar-refractivity contribution >= 4 is 53.9 Å². The highest BCUT2D eigenvalue weighted by atomic mass is 14.2. The van der Waals surface area contributed by atoms with E-state index in [-0.39, 0.29) is 0 Å². The van der Waals surface area contributed by atoms with Crippen molar-refractivity contribution < 1.29 is 0 Å². The van der Waals surface area contributed by atoms with Gasteiger partial charge in [-0.25, -0.2) is 0 Å². The van der Waals surface area contributed by atoms with Crippen molar-refractivity contribution in [2.75, 3.05) is 0 Å². The van der Waals surface area contributed by atoms with Crippen LogP contribution in [-0.2, 0) is 0 Å². The highest BCUT2D eigenvalue weighted by molar-refractivity contribution is 6.25. The molecular weight excluding hydrogens is 601 g/mol. The Balaban J connectivity index is 1.28. The van der Waals surface area contributed by atoms with Crippen LogP contribution in [0.3, 0.4) is 0 Å². The molecule has 0 aromatic heterocycles. The van der Waals surface area contributed by atoms with E-state index in [1.165, 1.54) is 98.4 Å². The maximum atomic E-state index is 2.37. The predicted molar refractivity (Wildman–Crippen MR) is 216 cm³/mol. The van der Waals surface area contributed by atoms with Crippen molar-refractivity contribution in [1.82, 2.24) is 0 Å². The maximum Gasteiger partial charge on any atom is -0.00141 e. The molecular formula is C50H32. The molecule has 0 nitrogen and oxygen atoms in total. The van der Waals surface area contributed by atoms with Crippen LogP contribution >= 0.6 is 0 Å². The van der Waals surface area contributed by atoms with E-state index in [0.717, 1.165) is 0 Å². The lowest BCUT2D eigenvalue weighted by atomic mass is 9.82. The summed E-state index contributed by atoms with van der Waals surface area (Å²) in [6.45, 7) is 0. The summed E-state index contributed by atoms with van der Waals surface area (Å²) in [4.78, 5) is 0. The molecule has 50 heavy (non-hydrogen) atoms. The summed E-state index contributed by atoms with van der Waals surface area (Å²) in [6, 6.07) is 71.4. The average molecular weight is 633 g/mol. The molecule has 10 aromatic carbocycles. The van der Waals surface area contributed by atoms with Gasteiger partial charge in [0.2, 0.25) is 0 Å². The summed E-state index contributed by atoms with van der Waals surface area (Å²) in [7, 11) is 0. The van der Waals surface area contributed by atoms with Crippen molar-refractivity contribution in [1.29, 1.82) is 0 Å². The number of hydrogen-bond acceptors (Lipinski definition) is 0. The minimum atomic E-state index is 1.21. The van der Waals surface area contributed by atoms with E-state index in [4.69, 9.17) is 0 Å². The Morgan fingerprint density at radius 1 is 0.220 bits per heavy atom. The SMILES string of the molecule is c1ccc2cc(-c3c4ccccc4c(-c4ccc5ccccc5c4)c4c(-c5ccc(-c6cccc7ccccc67)cc5)cccc34)ccc2c1.